The first kappa shape index (κ1) is 11.8. The van der Waals surface area contributed by atoms with Crippen LogP contribution in [0.25, 0.3) is 0 Å². The summed E-state index contributed by atoms with van der Waals surface area (Å²) in [4.78, 5) is 25.4. The van der Waals surface area contributed by atoms with Gasteiger partial charge in [0.15, 0.2) is 5.69 Å². The minimum Gasteiger partial charge on any atom is -0.464 e. The van der Waals surface area contributed by atoms with Gasteiger partial charge in [-0.2, -0.15) is 9.90 Å². The molecule has 92 valence electrons. The Hall–Kier alpha value is -1.63. The molecular formula is C9H11ClN4O3. The lowest BCUT2D eigenvalue weighted by Crippen LogP contribution is -2.51. The van der Waals surface area contributed by atoms with Crippen LogP contribution in [-0.2, 0) is 9.53 Å². The van der Waals surface area contributed by atoms with E-state index >= 15 is 0 Å². The van der Waals surface area contributed by atoms with E-state index in [0.717, 1.165) is 0 Å². The molecule has 0 spiro atoms. The van der Waals surface area contributed by atoms with Crippen molar-refractivity contribution in [1.29, 1.82) is 0 Å². The Morgan fingerprint density at radius 3 is 2.88 bits per heavy atom. The molecule has 0 atom stereocenters. The van der Waals surface area contributed by atoms with Crippen LogP contribution in [-0.4, -0.2) is 57.8 Å². The molecule has 1 saturated heterocycles. The fourth-order valence-corrected chi connectivity index (χ4v) is 1.71. The van der Waals surface area contributed by atoms with Crippen LogP contribution >= 0.6 is 11.6 Å². The van der Waals surface area contributed by atoms with E-state index in [-0.39, 0.29) is 23.5 Å². The van der Waals surface area contributed by atoms with Crippen molar-refractivity contribution in [2.75, 3.05) is 26.1 Å². The maximum atomic E-state index is 11.2. The van der Waals surface area contributed by atoms with Crippen molar-refractivity contribution < 1.29 is 14.3 Å². The zero-order chi connectivity index (χ0) is 12.4. The molecule has 1 fully saturated rings. The van der Waals surface area contributed by atoms with Crippen LogP contribution in [0.5, 0.6) is 0 Å². The Kier molecular flexibility index (Phi) is 3.28. The lowest BCUT2D eigenvalue weighted by Gasteiger charge is -2.37. The van der Waals surface area contributed by atoms with E-state index in [1.807, 2.05) is 0 Å². The molecule has 0 unspecified atom stereocenters. The second-order valence-corrected chi connectivity index (χ2v) is 3.90. The van der Waals surface area contributed by atoms with Crippen molar-refractivity contribution in [1.82, 2.24) is 19.9 Å². The number of nitrogens with zero attached hydrogens (tertiary/aromatic N) is 4. The van der Waals surface area contributed by atoms with Gasteiger partial charge in [-0.15, -0.1) is 16.7 Å². The third-order valence-corrected chi connectivity index (χ3v) is 2.79. The highest BCUT2D eigenvalue weighted by molar-refractivity contribution is 6.27. The molecule has 1 aromatic heterocycles. The van der Waals surface area contributed by atoms with Crippen molar-refractivity contribution in [2.24, 2.45) is 0 Å². The number of carbonyl (C=O) groups is 2. The first-order chi connectivity index (χ1) is 8.15. The molecule has 0 aliphatic carbocycles. The Labute approximate surface area is 102 Å². The van der Waals surface area contributed by atoms with E-state index in [4.69, 9.17) is 11.6 Å². The fraction of sp³-hybridized carbons (Fsp3) is 0.556. The number of likely N-dealkylation sites (tertiary alicyclic amines) is 1. The Morgan fingerprint density at radius 2 is 2.29 bits per heavy atom. The predicted octanol–water partition coefficient (Wildman–Crippen LogP) is -0.313. The van der Waals surface area contributed by atoms with Crippen LogP contribution in [0.2, 0.25) is 0 Å². The number of aromatic nitrogens is 3. The van der Waals surface area contributed by atoms with Gasteiger partial charge >= 0.3 is 5.97 Å². The highest BCUT2D eigenvalue weighted by Gasteiger charge is 2.33. The van der Waals surface area contributed by atoms with Crippen LogP contribution in [0.15, 0.2) is 6.20 Å². The maximum absolute atomic E-state index is 11.2. The van der Waals surface area contributed by atoms with E-state index < -0.39 is 5.97 Å². The molecule has 7 nitrogen and oxygen atoms in total. The van der Waals surface area contributed by atoms with Crippen LogP contribution in [0.3, 0.4) is 0 Å². The smallest absolute Gasteiger partial charge is 0.360 e. The molecule has 0 aromatic carbocycles. The molecule has 17 heavy (non-hydrogen) atoms. The number of hydrogen-bond acceptors (Lipinski definition) is 5. The molecule has 0 saturated carbocycles. The van der Waals surface area contributed by atoms with Gasteiger partial charge in [0.2, 0.25) is 5.91 Å². The Morgan fingerprint density at radius 1 is 1.59 bits per heavy atom. The first-order valence-corrected chi connectivity index (χ1v) is 5.53. The third kappa shape index (κ3) is 2.23. The highest BCUT2D eigenvalue weighted by atomic mass is 35.5. The summed E-state index contributed by atoms with van der Waals surface area (Å²) >= 11 is 5.43. The van der Waals surface area contributed by atoms with Gasteiger partial charge in [0, 0.05) is 13.1 Å². The molecule has 1 aromatic rings. The number of halogens is 1. The number of hydrogen-bond donors (Lipinski definition) is 0. The summed E-state index contributed by atoms with van der Waals surface area (Å²) in [7, 11) is 1.28. The molecule has 8 heteroatoms. The van der Waals surface area contributed by atoms with Gasteiger partial charge in [-0.25, -0.2) is 4.79 Å². The van der Waals surface area contributed by atoms with Gasteiger partial charge in [-0.3, -0.25) is 4.79 Å². The summed E-state index contributed by atoms with van der Waals surface area (Å²) in [5.41, 5.74) is 0.162. The molecule has 2 rings (SSSR count). The number of esters is 1. The van der Waals surface area contributed by atoms with Crippen molar-refractivity contribution in [3.63, 3.8) is 0 Å². The minimum absolute atomic E-state index is 0.000530. The average Bonchev–Trinajstić information content (AvgIpc) is 2.75. The normalized spacial score (nSPS) is 15.5. The van der Waals surface area contributed by atoms with Crippen molar-refractivity contribution in [2.45, 2.75) is 6.04 Å². The average molecular weight is 259 g/mol. The Bertz CT molecular complexity index is 441. The lowest BCUT2D eigenvalue weighted by atomic mass is 10.1. The molecule has 0 N–H and O–H groups in total. The number of ether oxygens (including phenoxy) is 1. The summed E-state index contributed by atoms with van der Waals surface area (Å²) in [6.07, 6.45) is 1.35. The minimum atomic E-state index is -0.524. The van der Waals surface area contributed by atoms with Gasteiger partial charge in [0.25, 0.3) is 0 Å². The molecule has 1 aliphatic rings. The second-order valence-electron chi connectivity index (χ2n) is 3.63. The predicted molar refractivity (Wildman–Crippen MR) is 57.7 cm³/mol. The maximum Gasteiger partial charge on any atom is 0.360 e. The quantitative estimate of drug-likeness (QED) is 0.549. The SMILES string of the molecule is COC(=O)c1cnn(C2CN(C(=O)CCl)C2)n1. The zero-order valence-corrected chi connectivity index (χ0v) is 9.92. The van der Waals surface area contributed by atoms with Gasteiger partial charge in [-0.1, -0.05) is 0 Å². The standard InChI is InChI=1S/C9H11ClN4O3/c1-17-9(16)7-3-11-14(12-7)6-4-13(5-6)8(15)2-10/h3,6H,2,4-5H2,1H3. The van der Waals surface area contributed by atoms with Crippen LogP contribution in [0, 0.1) is 0 Å². The Balaban J connectivity index is 1.95. The lowest BCUT2D eigenvalue weighted by molar-refractivity contribution is -0.134. The summed E-state index contributed by atoms with van der Waals surface area (Å²) in [6, 6.07) is 0.000530. The van der Waals surface area contributed by atoms with Crippen LogP contribution in [0.4, 0.5) is 0 Å². The highest BCUT2D eigenvalue weighted by Crippen LogP contribution is 2.19. The van der Waals surface area contributed by atoms with Gasteiger partial charge in [-0.05, 0) is 0 Å². The fourth-order valence-electron chi connectivity index (χ4n) is 1.54. The molecule has 0 bridgehead atoms. The summed E-state index contributed by atoms with van der Waals surface area (Å²) in [5.74, 6) is -0.653. The summed E-state index contributed by atoms with van der Waals surface area (Å²) in [6.45, 7) is 1.03. The van der Waals surface area contributed by atoms with Gasteiger partial charge < -0.3 is 9.64 Å². The van der Waals surface area contributed by atoms with Gasteiger partial charge in [0.05, 0.1) is 13.3 Å². The second kappa shape index (κ2) is 4.70. The molecule has 2 heterocycles. The van der Waals surface area contributed by atoms with Crippen LogP contribution < -0.4 is 0 Å². The van der Waals surface area contributed by atoms with Crippen LogP contribution in [0.1, 0.15) is 16.5 Å². The van der Waals surface area contributed by atoms with E-state index in [2.05, 4.69) is 14.9 Å². The van der Waals surface area contributed by atoms with E-state index in [9.17, 15) is 9.59 Å². The molecule has 1 amide bonds. The number of amides is 1. The molecule has 0 radical (unpaired) electrons. The van der Waals surface area contributed by atoms with E-state index in [1.165, 1.54) is 18.1 Å². The molecular weight excluding hydrogens is 248 g/mol. The van der Waals surface area contributed by atoms with Crippen molar-refractivity contribution in [3.05, 3.63) is 11.9 Å². The largest absolute Gasteiger partial charge is 0.464 e. The first-order valence-electron chi connectivity index (χ1n) is 4.99. The van der Waals surface area contributed by atoms with E-state index in [1.54, 1.807) is 4.90 Å². The number of rotatable bonds is 3. The number of methoxy groups -OCH3 is 1. The van der Waals surface area contributed by atoms with Gasteiger partial charge in [0.1, 0.15) is 11.9 Å². The number of carbonyl (C=O) groups excluding carboxylic acids is 2. The molecule has 1 aliphatic heterocycles. The van der Waals surface area contributed by atoms with Crippen molar-refractivity contribution in [3.8, 4) is 0 Å². The zero-order valence-electron chi connectivity index (χ0n) is 9.17. The van der Waals surface area contributed by atoms with E-state index in [0.29, 0.717) is 13.1 Å². The third-order valence-electron chi connectivity index (χ3n) is 2.56. The number of alkyl halides is 1. The summed E-state index contributed by atoms with van der Waals surface area (Å²) < 4.78 is 4.52. The topological polar surface area (TPSA) is 77.3 Å². The monoisotopic (exact) mass is 258 g/mol. The summed E-state index contributed by atoms with van der Waals surface area (Å²) in [5, 5.41) is 7.94. The van der Waals surface area contributed by atoms with Crippen molar-refractivity contribution >= 4 is 23.5 Å².